The van der Waals surface area contributed by atoms with E-state index in [2.05, 4.69) is 43.4 Å². The summed E-state index contributed by atoms with van der Waals surface area (Å²) in [5.41, 5.74) is 1.73. The van der Waals surface area contributed by atoms with Crippen LogP contribution in [-0.2, 0) is 5.75 Å². The second kappa shape index (κ2) is 8.76. The van der Waals surface area contributed by atoms with E-state index in [4.69, 9.17) is 34.8 Å². The van der Waals surface area contributed by atoms with E-state index in [1.165, 1.54) is 5.56 Å². The highest BCUT2D eigenvalue weighted by Crippen LogP contribution is 2.30. The topological polar surface area (TPSA) is 43.1 Å². The molecule has 0 saturated heterocycles. The molecule has 1 aromatic heterocycles. The first-order chi connectivity index (χ1) is 12.5. The van der Waals surface area contributed by atoms with Crippen LogP contribution in [0.3, 0.4) is 0 Å². The molecule has 0 N–H and O–H groups in total. The molecule has 0 aliphatic carbocycles. The second-order valence-electron chi connectivity index (χ2n) is 5.26. The van der Waals surface area contributed by atoms with E-state index in [9.17, 15) is 0 Å². The molecule has 4 nitrogen and oxygen atoms in total. The summed E-state index contributed by atoms with van der Waals surface area (Å²) in [6.45, 7) is 1.83. The van der Waals surface area contributed by atoms with Crippen LogP contribution in [0.5, 0.6) is 0 Å². The fraction of sp³-hybridized carbons (Fsp3) is 0.118. The molecule has 0 saturated carbocycles. The van der Waals surface area contributed by atoms with Crippen molar-refractivity contribution in [1.82, 2.24) is 14.9 Å². The Hall–Kier alpha value is -1.05. The fourth-order valence-corrected chi connectivity index (χ4v) is 3.85. The second-order valence-corrected chi connectivity index (χ2v) is 8.31. The molecule has 0 atom stereocenters. The summed E-state index contributed by atoms with van der Waals surface area (Å²) >= 11 is 23.4. The van der Waals surface area contributed by atoms with Crippen molar-refractivity contribution in [3.05, 3.63) is 72.9 Å². The maximum atomic E-state index is 6.22. The molecule has 0 bridgehead atoms. The molecule has 9 heteroatoms. The van der Waals surface area contributed by atoms with E-state index in [-0.39, 0.29) is 0 Å². The normalized spacial score (nSPS) is 11.4. The minimum Gasteiger partial charge on any atom is -0.192 e. The average molecular weight is 491 g/mol. The number of thioether (sulfide) groups is 1. The SMILES string of the molecule is Cc1nnc(SCc2ccc(Br)cc2)n1N=Cc1c(Cl)ccc(Cl)c1Cl. The highest BCUT2D eigenvalue weighted by atomic mass is 79.9. The number of hydrogen-bond donors (Lipinski definition) is 0. The zero-order valence-corrected chi connectivity index (χ0v) is 18.1. The minimum atomic E-state index is 0.359. The van der Waals surface area contributed by atoms with Crippen molar-refractivity contribution in [3.8, 4) is 0 Å². The van der Waals surface area contributed by atoms with Gasteiger partial charge in [-0.15, -0.1) is 10.2 Å². The molecule has 0 spiro atoms. The van der Waals surface area contributed by atoms with Gasteiger partial charge in [-0.1, -0.05) is 74.6 Å². The third-order valence-corrected chi connectivity index (χ3v) is 6.10. The van der Waals surface area contributed by atoms with Crippen molar-refractivity contribution in [2.24, 2.45) is 5.10 Å². The van der Waals surface area contributed by atoms with Gasteiger partial charge in [0.05, 0.1) is 21.3 Å². The Kier molecular flexibility index (Phi) is 6.64. The van der Waals surface area contributed by atoms with Gasteiger partial charge in [-0.2, -0.15) is 9.78 Å². The van der Waals surface area contributed by atoms with Gasteiger partial charge in [0.25, 0.3) is 0 Å². The molecular weight excluding hydrogens is 479 g/mol. The number of nitrogens with zero attached hydrogens (tertiary/aromatic N) is 4. The molecule has 0 radical (unpaired) electrons. The van der Waals surface area contributed by atoms with Crippen LogP contribution in [-0.4, -0.2) is 21.1 Å². The highest BCUT2D eigenvalue weighted by Gasteiger charge is 2.11. The predicted molar refractivity (Wildman–Crippen MR) is 113 cm³/mol. The number of benzene rings is 2. The maximum absolute atomic E-state index is 6.22. The summed E-state index contributed by atoms with van der Waals surface area (Å²) < 4.78 is 2.70. The molecular formula is C17H12BrCl3N4S. The molecule has 134 valence electrons. The zero-order chi connectivity index (χ0) is 18.7. The number of rotatable bonds is 5. The van der Waals surface area contributed by atoms with Crippen LogP contribution < -0.4 is 0 Å². The zero-order valence-electron chi connectivity index (χ0n) is 13.5. The molecule has 0 aliphatic heterocycles. The van der Waals surface area contributed by atoms with Crippen LogP contribution in [0, 0.1) is 6.92 Å². The largest absolute Gasteiger partial charge is 0.212 e. The number of halogens is 4. The van der Waals surface area contributed by atoms with Crippen molar-refractivity contribution in [1.29, 1.82) is 0 Å². The van der Waals surface area contributed by atoms with E-state index in [0.717, 1.165) is 10.2 Å². The molecule has 3 rings (SSSR count). The van der Waals surface area contributed by atoms with Crippen molar-refractivity contribution in [2.75, 3.05) is 0 Å². The average Bonchev–Trinajstić information content (AvgIpc) is 2.98. The van der Waals surface area contributed by atoms with Crippen LogP contribution in [0.4, 0.5) is 0 Å². The molecule has 0 aliphatic rings. The van der Waals surface area contributed by atoms with Crippen LogP contribution in [0.15, 0.2) is 51.1 Å². The molecule has 0 amide bonds. The van der Waals surface area contributed by atoms with Crippen molar-refractivity contribution < 1.29 is 0 Å². The van der Waals surface area contributed by atoms with Crippen molar-refractivity contribution in [3.63, 3.8) is 0 Å². The Morgan fingerprint density at radius 2 is 1.77 bits per heavy atom. The number of aromatic nitrogens is 3. The number of hydrogen-bond acceptors (Lipinski definition) is 4. The lowest BCUT2D eigenvalue weighted by molar-refractivity contribution is 0.744. The standard InChI is InChI=1S/C17H12BrCl3N4S/c1-10-23-24-17(26-9-11-2-4-12(18)5-3-11)25(10)22-8-13-14(19)6-7-15(20)16(13)21/h2-8H,9H2,1H3. The summed E-state index contributed by atoms with van der Waals surface area (Å²) in [4.78, 5) is 0. The van der Waals surface area contributed by atoms with Gasteiger partial charge in [-0.05, 0) is 36.8 Å². The molecule has 1 heterocycles. The third-order valence-electron chi connectivity index (χ3n) is 3.43. The van der Waals surface area contributed by atoms with E-state index in [1.807, 2.05) is 19.1 Å². The van der Waals surface area contributed by atoms with E-state index < -0.39 is 0 Å². The first-order valence-electron chi connectivity index (χ1n) is 7.43. The van der Waals surface area contributed by atoms with Crippen molar-refractivity contribution >= 4 is 68.7 Å². The van der Waals surface area contributed by atoms with Gasteiger partial charge in [0.2, 0.25) is 5.16 Å². The lowest BCUT2D eigenvalue weighted by Gasteiger charge is -2.05. The molecule has 0 unspecified atom stereocenters. The van der Waals surface area contributed by atoms with Crippen LogP contribution in [0.25, 0.3) is 0 Å². The van der Waals surface area contributed by atoms with Gasteiger partial charge in [-0.25, -0.2) is 0 Å². The summed E-state index contributed by atoms with van der Waals surface area (Å²) in [5, 5.41) is 14.6. The van der Waals surface area contributed by atoms with E-state index >= 15 is 0 Å². The third kappa shape index (κ3) is 4.61. The van der Waals surface area contributed by atoms with E-state index in [0.29, 0.717) is 31.6 Å². The summed E-state index contributed by atoms with van der Waals surface area (Å²) in [5.74, 6) is 1.41. The maximum Gasteiger partial charge on any atom is 0.212 e. The predicted octanol–water partition coefficient (Wildman–Crippen LogP) is 6.48. The Morgan fingerprint density at radius 1 is 1.08 bits per heavy atom. The smallest absolute Gasteiger partial charge is 0.192 e. The van der Waals surface area contributed by atoms with Gasteiger partial charge < -0.3 is 0 Å². The van der Waals surface area contributed by atoms with Gasteiger partial charge >= 0.3 is 0 Å². The summed E-state index contributed by atoms with van der Waals surface area (Å²) in [7, 11) is 0. The monoisotopic (exact) mass is 488 g/mol. The molecule has 3 aromatic rings. The van der Waals surface area contributed by atoms with Crippen LogP contribution in [0.2, 0.25) is 15.1 Å². The summed E-state index contributed by atoms with van der Waals surface area (Å²) in [6, 6.07) is 11.5. The molecule has 2 aromatic carbocycles. The summed E-state index contributed by atoms with van der Waals surface area (Å²) in [6.07, 6.45) is 1.57. The van der Waals surface area contributed by atoms with Gasteiger partial charge in [0.15, 0.2) is 5.82 Å². The molecule has 0 fully saturated rings. The van der Waals surface area contributed by atoms with Gasteiger partial charge in [0, 0.05) is 15.8 Å². The van der Waals surface area contributed by atoms with Gasteiger partial charge in [-0.3, -0.25) is 0 Å². The molecule has 26 heavy (non-hydrogen) atoms. The van der Waals surface area contributed by atoms with Crippen LogP contribution >= 0.6 is 62.5 Å². The lowest BCUT2D eigenvalue weighted by atomic mass is 10.2. The number of aryl methyl sites for hydroxylation is 1. The Labute approximate surface area is 178 Å². The van der Waals surface area contributed by atoms with E-state index in [1.54, 1.807) is 34.8 Å². The van der Waals surface area contributed by atoms with Crippen molar-refractivity contribution in [2.45, 2.75) is 17.8 Å². The quantitative estimate of drug-likeness (QED) is 0.233. The Balaban J connectivity index is 1.82. The lowest BCUT2D eigenvalue weighted by Crippen LogP contribution is -1.97. The van der Waals surface area contributed by atoms with Gasteiger partial charge in [0.1, 0.15) is 0 Å². The fourth-order valence-electron chi connectivity index (χ4n) is 2.07. The highest BCUT2D eigenvalue weighted by molar-refractivity contribution is 9.10. The Morgan fingerprint density at radius 3 is 2.50 bits per heavy atom. The first-order valence-corrected chi connectivity index (χ1v) is 10.3. The Bertz CT molecular complexity index is 957. The van der Waals surface area contributed by atoms with Crippen LogP contribution in [0.1, 0.15) is 17.0 Å². The minimum absolute atomic E-state index is 0.359. The first kappa shape index (κ1) is 19.7.